The van der Waals surface area contributed by atoms with Crippen LogP contribution >= 0.6 is 0 Å². The van der Waals surface area contributed by atoms with Gasteiger partial charge in [0, 0.05) is 5.56 Å². The van der Waals surface area contributed by atoms with Gasteiger partial charge in [-0.1, -0.05) is 30.3 Å². The standard InChI is InChI=1S/C16H15N3O/c1-20-14-9-7-13(8-10-14)19-16(17)15(11-18-19)12-5-3-2-4-6-12/h2-11H,17H2,1H3. The molecule has 0 aliphatic heterocycles. The van der Waals surface area contributed by atoms with E-state index in [1.54, 1.807) is 18.0 Å². The van der Waals surface area contributed by atoms with Crippen LogP contribution in [0.4, 0.5) is 5.82 Å². The van der Waals surface area contributed by atoms with E-state index in [9.17, 15) is 0 Å². The normalized spacial score (nSPS) is 10.4. The van der Waals surface area contributed by atoms with Gasteiger partial charge in [0.1, 0.15) is 11.6 Å². The Kier molecular flexibility index (Phi) is 3.13. The largest absolute Gasteiger partial charge is 0.497 e. The molecule has 1 heterocycles. The molecule has 0 unspecified atom stereocenters. The number of hydrogen-bond donors (Lipinski definition) is 1. The lowest BCUT2D eigenvalue weighted by Crippen LogP contribution is -2.02. The summed E-state index contributed by atoms with van der Waals surface area (Å²) < 4.78 is 6.87. The number of aromatic nitrogens is 2. The number of nitrogen functional groups attached to an aromatic ring is 1. The molecule has 0 amide bonds. The lowest BCUT2D eigenvalue weighted by Gasteiger charge is -2.06. The highest BCUT2D eigenvalue weighted by Gasteiger charge is 2.10. The quantitative estimate of drug-likeness (QED) is 0.791. The first-order chi connectivity index (χ1) is 9.79. The van der Waals surface area contributed by atoms with E-state index in [1.165, 1.54) is 0 Å². The Morgan fingerprint density at radius 2 is 1.70 bits per heavy atom. The Hall–Kier alpha value is -2.75. The van der Waals surface area contributed by atoms with Crippen molar-refractivity contribution in [3.05, 3.63) is 60.8 Å². The summed E-state index contributed by atoms with van der Waals surface area (Å²) in [7, 11) is 1.64. The molecule has 0 aliphatic carbocycles. The topological polar surface area (TPSA) is 53.1 Å². The molecule has 3 aromatic rings. The summed E-state index contributed by atoms with van der Waals surface area (Å²) >= 11 is 0. The Labute approximate surface area is 117 Å². The molecule has 4 heteroatoms. The minimum atomic E-state index is 0.626. The Morgan fingerprint density at radius 1 is 1.00 bits per heavy atom. The van der Waals surface area contributed by atoms with Gasteiger partial charge in [-0.25, -0.2) is 4.68 Å². The van der Waals surface area contributed by atoms with Gasteiger partial charge >= 0.3 is 0 Å². The van der Waals surface area contributed by atoms with Crippen LogP contribution in [0.2, 0.25) is 0 Å². The van der Waals surface area contributed by atoms with Crippen LogP contribution in [0.3, 0.4) is 0 Å². The number of rotatable bonds is 3. The Balaban J connectivity index is 2.01. The lowest BCUT2D eigenvalue weighted by atomic mass is 10.1. The van der Waals surface area contributed by atoms with Gasteiger partial charge in [0.2, 0.25) is 0 Å². The van der Waals surface area contributed by atoms with Crippen molar-refractivity contribution in [1.29, 1.82) is 0 Å². The van der Waals surface area contributed by atoms with Crippen LogP contribution in [-0.2, 0) is 0 Å². The summed E-state index contributed by atoms with van der Waals surface area (Å²) in [5.41, 5.74) is 9.11. The van der Waals surface area contributed by atoms with Crippen LogP contribution in [0, 0.1) is 0 Å². The minimum absolute atomic E-state index is 0.626. The second-order valence-electron chi connectivity index (χ2n) is 4.42. The van der Waals surface area contributed by atoms with Gasteiger partial charge in [0.05, 0.1) is 19.0 Å². The zero-order chi connectivity index (χ0) is 13.9. The van der Waals surface area contributed by atoms with Crippen molar-refractivity contribution < 1.29 is 4.74 Å². The molecule has 0 spiro atoms. The number of anilines is 1. The molecule has 0 saturated heterocycles. The second kappa shape index (κ2) is 5.09. The third kappa shape index (κ3) is 2.12. The monoisotopic (exact) mass is 265 g/mol. The van der Waals surface area contributed by atoms with Gasteiger partial charge in [-0.05, 0) is 29.8 Å². The average Bonchev–Trinajstić information content (AvgIpc) is 2.90. The number of hydrogen-bond acceptors (Lipinski definition) is 3. The number of methoxy groups -OCH3 is 1. The number of ether oxygens (including phenoxy) is 1. The van der Waals surface area contributed by atoms with E-state index in [2.05, 4.69) is 5.10 Å². The molecule has 0 atom stereocenters. The van der Waals surface area contributed by atoms with E-state index in [1.807, 2.05) is 54.6 Å². The minimum Gasteiger partial charge on any atom is -0.497 e. The second-order valence-corrected chi connectivity index (χ2v) is 4.42. The molecule has 100 valence electrons. The summed E-state index contributed by atoms with van der Waals surface area (Å²) in [6, 6.07) is 17.6. The van der Waals surface area contributed by atoms with E-state index in [0.29, 0.717) is 5.82 Å². The molecule has 0 aliphatic rings. The molecule has 2 aromatic carbocycles. The summed E-state index contributed by atoms with van der Waals surface area (Å²) in [6.45, 7) is 0. The molecule has 0 bridgehead atoms. The van der Waals surface area contributed by atoms with E-state index >= 15 is 0 Å². The van der Waals surface area contributed by atoms with E-state index < -0.39 is 0 Å². The highest BCUT2D eigenvalue weighted by Crippen LogP contribution is 2.27. The van der Waals surface area contributed by atoms with Crippen molar-refractivity contribution in [2.75, 3.05) is 12.8 Å². The lowest BCUT2D eigenvalue weighted by molar-refractivity contribution is 0.414. The molecule has 4 nitrogen and oxygen atoms in total. The van der Waals surface area contributed by atoms with Crippen LogP contribution in [0.25, 0.3) is 16.8 Å². The maximum Gasteiger partial charge on any atom is 0.135 e. The van der Waals surface area contributed by atoms with Crippen molar-refractivity contribution in [2.24, 2.45) is 0 Å². The molecule has 0 saturated carbocycles. The summed E-state index contributed by atoms with van der Waals surface area (Å²) in [4.78, 5) is 0. The van der Waals surface area contributed by atoms with Crippen molar-refractivity contribution in [2.45, 2.75) is 0 Å². The zero-order valence-corrected chi connectivity index (χ0v) is 11.2. The van der Waals surface area contributed by atoms with Crippen LogP contribution < -0.4 is 10.5 Å². The van der Waals surface area contributed by atoms with Crippen LogP contribution in [0.5, 0.6) is 5.75 Å². The predicted molar refractivity (Wildman–Crippen MR) is 80.0 cm³/mol. The predicted octanol–water partition coefficient (Wildman–Crippen LogP) is 3.13. The van der Waals surface area contributed by atoms with Gasteiger partial charge in [0.25, 0.3) is 0 Å². The van der Waals surface area contributed by atoms with Gasteiger partial charge in [0.15, 0.2) is 0 Å². The van der Waals surface area contributed by atoms with Crippen molar-refractivity contribution in [3.8, 4) is 22.6 Å². The SMILES string of the molecule is COc1ccc(-n2ncc(-c3ccccc3)c2N)cc1. The smallest absolute Gasteiger partial charge is 0.135 e. The molecule has 3 rings (SSSR count). The van der Waals surface area contributed by atoms with Crippen LogP contribution in [0.15, 0.2) is 60.8 Å². The summed E-state index contributed by atoms with van der Waals surface area (Å²) in [5.74, 6) is 1.43. The first-order valence-corrected chi connectivity index (χ1v) is 6.33. The third-order valence-electron chi connectivity index (χ3n) is 3.21. The molecule has 0 radical (unpaired) electrons. The van der Waals surface area contributed by atoms with Crippen LogP contribution in [0.1, 0.15) is 0 Å². The highest BCUT2D eigenvalue weighted by molar-refractivity contribution is 5.74. The average molecular weight is 265 g/mol. The molecular formula is C16H15N3O. The van der Waals surface area contributed by atoms with Crippen molar-refractivity contribution >= 4 is 5.82 Å². The first kappa shape index (κ1) is 12.3. The molecule has 1 aromatic heterocycles. The van der Waals surface area contributed by atoms with Gasteiger partial charge in [-0.15, -0.1) is 0 Å². The number of nitrogens with two attached hydrogens (primary N) is 1. The Bertz CT molecular complexity index is 702. The maximum atomic E-state index is 6.21. The summed E-state index contributed by atoms with van der Waals surface area (Å²) in [5, 5.41) is 4.37. The van der Waals surface area contributed by atoms with Gasteiger partial charge in [-0.3, -0.25) is 0 Å². The van der Waals surface area contributed by atoms with Gasteiger partial charge in [-0.2, -0.15) is 5.10 Å². The van der Waals surface area contributed by atoms with E-state index in [-0.39, 0.29) is 0 Å². The molecular weight excluding hydrogens is 250 g/mol. The fraction of sp³-hybridized carbons (Fsp3) is 0.0625. The van der Waals surface area contributed by atoms with E-state index in [0.717, 1.165) is 22.6 Å². The maximum absolute atomic E-state index is 6.21. The van der Waals surface area contributed by atoms with Crippen LogP contribution in [-0.4, -0.2) is 16.9 Å². The molecule has 2 N–H and O–H groups in total. The van der Waals surface area contributed by atoms with Crippen molar-refractivity contribution in [1.82, 2.24) is 9.78 Å². The number of benzene rings is 2. The number of nitrogens with zero attached hydrogens (tertiary/aromatic N) is 2. The Morgan fingerprint density at radius 3 is 2.35 bits per heavy atom. The van der Waals surface area contributed by atoms with Crippen molar-refractivity contribution in [3.63, 3.8) is 0 Å². The van der Waals surface area contributed by atoms with Gasteiger partial charge < -0.3 is 10.5 Å². The first-order valence-electron chi connectivity index (χ1n) is 6.33. The third-order valence-corrected chi connectivity index (χ3v) is 3.21. The fourth-order valence-corrected chi connectivity index (χ4v) is 2.13. The highest BCUT2D eigenvalue weighted by atomic mass is 16.5. The van der Waals surface area contributed by atoms with E-state index in [4.69, 9.17) is 10.5 Å². The molecule has 0 fully saturated rings. The fourth-order valence-electron chi connectivity index (χ4n) is 2.13. The summed E-state index contributed by atoms with van der Waals surface area (Å²) in [6.07, 6.45) is 1.79. The molecule has 20 heavy (non-hydrogen) atoms. The zero-order valence-electron chi connectivity index (χ0n) is 11.2.